The van der Waals surface area contributed by atoms with Gasteiger partial charge in [0.25, 0.3) is 0 Å². The molecule has 7 heteroatoms. The van der Waals surface area contributed by atoms with E-state index in [9.17, 15) is 4.79 Å². The van der Waals surface area contributed by atoms with Crippen LogP contribution in [0.1, 0.15) is 27.4 Å². The molecule has 1 heterocycles. The van der Waals surface area contributed by atoms with E-state index in [-0.39, 0.29) is 12.4 Å². The van der Waals surface area contributed by atoms with Crippen molar-refractivity contribution in [3.8, 4) is 11.8 Å². The summed E-state index contributed by atoms with van der Waals surface area (Å²) in [6, 6.07) is 8.77. The summed E-state index contributed by atoms with van der Waals surface area (Å²) in [4.78, 5) is 11.4. The van der Waals surface area contributed by atoms with Gasteiger partial charge in [-0.1, -0.05) is 15.9 Å². The fourth-order valence-corrected chi connectivity index (χ4v) is 2.08. The number of rotatable bonds is 4. The van der Waals surface area contributed by atoms with Gasteiger partial charge in [-0.05, 0) is 31.2 Å². The molecule has 2 aromatic rings. The van der Waals surface area contributed by atoms with Crippen molar-refractivity contribution in [3.63, 3.8) is 0 Å². The number of ether oxygens (including phenoxy) is 1. The van der Waals surface area contributed by atoms with E-state index in [0.717, 1.165) is 4.47 Å². The van der Waals surface area contributed by atoms with Gasteiger partial charge in [-0.15, -0.1) is 0 Å². The van der Waals surface area contributed by atoms with E-state index in [1.54, 1.807) is 31.2 Å². The topological polar surface area (TPSA) is 101 Å². The first-order chi connectivity index (χ1) is 10.0. The largest absolute Gasteiger partial charge is 0.487 e. The summed E-state index contributed by atoms with van der Waals surface area (Å²) in [6.07, 6.45) is 0. The molecule has 1 amide bonds. The molecular formula is C14H12BrN3O3. The predicted octanol–water partition coefficient (Wildman–Crippen LogP) is 2.40. The fraction of sp³-hybridized carbons (Fsp3) is 0.143. The van der Waals surface area contributed by atoms with E-state index < -0.39 is 5.91 Å². The van der Waals surface area contributed by atoms with E-state index in [0.29, 0.717) is 22.6 Å². The zero-order valence-corrected chi connectivity index (χ0v) is 12.7. The standard InChI is InChI=1S/C14H12BrN3O3/c1-8-10(5-13(21-8)14(19)18-17)7-20-12-3-2-11(15)4-9(12)6-16/h2-5H,7,17H2,1H3,(H,18,19). The quantitative estimate of drug-likeness (QED) is 0.501. The zero-order chi connectivity index (χ0) is 15.4. The Balaban J connectivity index is 2.16. The van der Waals surface area contributed by atoms with E-state index in [2.05, 4.69) is 22.0 Å². The molecule has 0 saturated heterocycles. The molecule has 108 valence electrons. The normalized spacial score (nSPS) is 10.0. The monoisotopic (exact) mass is 349 g/mol. The molecule has 6 nitrogen and oxygen atoms in total. The summed E-state index contributed by atoms with van der Waals surface area (Å²) < 4.78 is 11.7. The van der Waals surface area contributed by atoms with Crippen LogP contribution in [0, 0.1) is 18.3 Å². The second kappa shape index (κ2) is 6.43. The highest BCUT2D eigenvalue weighted by atomic mass is 79.9. The highest BCUT2D eigenvalue weighted by molar-refractivity contribution is 9.10. The van der Waals surface area contributed by atoms with Crippen LogP contribution in [0.15, 0.2) is 33.2 Å². The van der Waals surface area contributed by atoms with Crippen LogP contribution in [0.25, 0.3) is 0 Å². The second-order valence-corrected chi connectivity index (χ2v) is 5.12. The van der Waals surface area contributed by atoms with E-state index >= 15 is 0 Å². The van der Waals surface area contributed by atoms with E-state index in [4.69, 9.17) is 20.3 Å². The van der Waals surface area contributed by atoms with Crippen LogP contribution in [-0.4, -0.2) is 5.91 Å². The number of nitrogens with two attached hydrogens (primary N) is 1. The summed E-state index contributed by atoms with van der Waals surface area (Å²) in [5.41, 5.74) is 3.13. The third kappa shape index (κ3) is 3.42. The summed E-state index contributed by atoms with van der Waals surface area (Å²) >= 11 is 3.29. The van der Waals surface area contributed by atoms with Crippen molar-refractivity contribution >= 4 is 21.8 Å². The number of halogens is 1. The number of nitrogen functional groups attached to an aromatic ring is 1. The fourth-order valence-electron chi connectivity index (χ4n) is 1.72. The Hall–Kier alpha value is -2.30. The SMILES string of the molecule is Cc1oc(C(=O)NN)cc1COc1ccc(Br)cc1C#N. The number of amides is 1. The maximum absolute atomic E-state index is 11.4. The first-order valence-electron chi connectivity index (χ1n) is 5.98. The number of furan rings is 1. The maximum Gasteiger partial charge on any atom is 0.300 e. The van der Waals surface area contributed by atoms with Gasteiger partial charge in [-0.3, -0.25) is 10.2 Å². The van der Waals surface area contributed by atoms with Crippen LogP contribution >= 0.6 is 15.9 Å². The average Bonchev–Trinajstić information content (AvgIpc) is 2.86. The molecule has 1 aromatic heterocycles. The lowest BCUT2D eigenvalue weighted by atomic mass is 10.2. The van der Waals surface area contributed by atoms with Crippen LogP contribution < -0.4 is 16.0 Å². The first-order valence-corrected chi connectivity index (χ1v) is 6.77. The molecule has 0 aliphatic rings. The molecule has 21 heavy (non-hydrogen) atoms. The summed E-state index contributed by atoms with van der Waals surface area (Å²) in [6.45, 7) is 1.91. The molecule has 0 saturated carbocycles. The van der Waals surface area contributed by atoms with Gasteiger partial charge in [-0.25, -0.2) is 5.84 Å². The lowest BCUT2D eigenvalue weighted by Gasteiger charge is -2.07. The third-order valence-electron chi connectivity index (χ3n) is 2.82. The van der Waals surface area contributed by atoms with Crippen molar-refractivity contribution in [1.29, 1.82) is 5.26 Å². The van der Waals surface area contributed by atoms with E-state index in [1.807, 2.05) is 5.43 Å². The molecule has 1 aromatic carbocycles. The van der Waals surface area contributed by atoms with Crippen molar-refractivity contribution in [1.82, 2.24) is 5.43 Å². The Labute approximate surface area is 129 Å². The minimum Gasteiger partial charge on any atom is -0.487 e. The van der Waals surface area contributed by atoms with Gasteiger partial charge >= 0.3 is 5.91 Å². The number of nitrogens with zero attached hydrogens (tertiary/aromatic N) is 1. The molecule has 0 unspecified atom stereocenters. The lowest BCUT2D eigenvalue weighted by Crippen LogP contribution is -2.29. The van der Waals surface area contributed by atoms with Crippen molar-refractivity contribution in [2.24, 2.45) is 5.84 Å². The molecule has 0 bridgehead atoms. The van der Waals surface area contributed by atoms with Crippen LogP contribution in [0.3, 0.4) is 0 Å². The van der Waals surface area contributed by atoms with Gasteiger partial charge in [0, 0.05) is 10.0 Å². The number of hydrogen-bond donors (Lipinski definition) is 2. The van der Waals surface area contributed by atoms with Crippen molar-refractivity contribution in [2.45, 2.75) is 13.5 Å². The Morgan fingerprint density at radius 2 is 2.29 bits per heavy atom. The number of nitrogens with one attached hydrogen (secondary N) is 1. The van der Waals surface area contributed by atoms with Gasteiger partial charge in [0.15, 0.2) is 5.76 Å². The predicted molar refractivity (Wildman–Crippen MR) is 78.3 cm³/mol. The number of aryl methyl sites for hydroxylation is 1. The molecule has 3 N–H and O–H groups in total. The Morgan fingerprint density at radius 3 is 2.95 bits per heavy atom. The highest BCUT2D eigenvalue weighted by Crippen LogP contribution is 2.24. The van der Waals surface area contributed by atoms with Crippen LogP contribution in [0.4, 0.5) is 0 Å². The van der Waals surface area contributed by atoms with Gasteiger partial charge in [-0.2, -0.15) is 5.26 Å². The number of hydrazine groups is 1. The number of hydrogen-bond acceptors (Lipinski definition) is 5. The molecule has 0 aliphatic carbocycles. The minimum absolute atomic E-state index is 0.116. The molecule has 0 fully saturated rings. The Bertz CT molecular complexity index is 719. The van der Waals surface area contributed by atoms with Crippen molar-refractivity contribution in [2.75, 3.05) is 0 Å². The zero-order valence-electron chi connectivity index (χ0n) is 11.1. The molecule has 0 aliphatic heterocycles. The second-order valence-electron chi connectivity index (χ2n) is 4.21. The summed E-state index contributed by atoms with van der Waals surface area (Å²) in [5, 5.41) is 9.07. The number of carbonyl (C=O) groups excluding carboxylic acids is 1. The smallest absolute Gasteiger partial charge is 0.300 e. The number of carbonyl (C=O) groups is 1. The van der Waals surface area contributed by atoms with E-state index in [1.165, 1.54) is 0 Å². The van der Waals surface area contributed by atoms with Gasteiger partial charge in [0.05, 0.1) is 5.56 Å². The molecular weight excluding hydrogens is 338 g/mol. The summed E-state index contributed by atoms with van der Waals surface area (Å²) in [7, 11) is 0. The average molecular weight is 350 g/mol. The molecule has 0 radical (unpaired) electrons. The Kier molecular flexibility index (Phi) is 4.62. The maximum atomic E-state index is 11.4. The lowest BCUT2D eigenvalue weighted by molar-refractivity contribution is 0.0924. The summed E-state index contributed by atoms with van der Waals surface area (Å²) in [5.74, 6) is 5.68. The molecule has 0 spiro atoms. The third-order valence-corrected chi connectivity index (χ3v) is 3.31. The van der Waals surface area contributed by atoms with Gasteiger partial charge in [0.2, 0.25) is 0 Å². The van der Waals surface area contributed by atoms with Crippen LogP contribution in [0.5, 0.6) is 5.75 Å². The van der Waals surface area contributed by atoms with Crippen LogP contribution in [-0.2, 0) is 6.61 Å². The van der Waals surface area contributed by atoms with Gasteiger partial charge in [0.1, 0.15) is 24.2 Å². The molecule has 2 rings (SSSR count). The number of nitriles is 1. The Morgan fingerprint density at radius 1 is 1.52 bits per heavy atom. The minimum atomic E-state index is -0.509. The highest BCUT2D eigenvalue weighted by Gasteiger charge is 2.14. The van der Waals surface area contributed by atoms with Crippen molar-refractivity contribution in [3.05, 3.63) is 51.4 Å². The molecule has 0 atom stereocenters. The van der Waals surface area contributed by atoms with Crippen LogP contribution in [0.2, 0.25) is 0 Å². The number of benzene rings is 1. The first kappa shape index (κ1) is 15.1. The van der Waals surface area contributed by atoms with Crippen molar-refractivity contribution < 1.29 is 13.9 Å². The van der Waals surface area contributed by atoms with Gasteiger partial charge < -0.3 is 9.15 Å².